The predicted molar refractivity (Wildman–Crippen MR) is 151 cm³/mol. The second kappa shape index (κ2) is 11.6. The van der Waals surface area contributed by atoms with Gasteiger partial charge < -0.3 is 10.1 Å². The Morgan fingerprint density at radius 2 is 1.80 bits per heavy atom. The van der Waals surface area contributed by atoms with Gasteiger partial charge in [0.25, 0.3) is 17.7 Å². The molecule has 2 aliphatic heterocycles. The number of amides is 3. The zero-order chi connectivity index (χ0) is 29.2. The third-order valence-corrected chi connectivity index (χ3v) is 7.14. The first-order chi connectivity index (χ1) is 18.9. The quantitative estimate of drug-likeness (QED) is 0.461. The maximum atomic E-state index is 13.2. The highest BCUT2D eigenvalue weighted by atomic mass is 16.5. The van der Waals surface area contributed by atoms with Gasteiger partial charge in [-0.05, 0) is 63.3 Å². The van der Waals surface area contributed by atoms with E-state index in [0.717, 1.165) is 10.9 Å². The summed E-state index contributed by atoms with van der Waals surface area (Å²) in [4.78, 5) is 57.3. The standard InChI is InChI=1S/C29H38N6O5/c1-17(2)24-26(37)30-18(3)27(38)35-15-7-8-21(32-35)25(36)33-34(6)23-12-11-20-10-9-19(16-22(20)31-23)13-14-29(4,5)28(39)40-24/h9-14,16-18,21,24,32H,7-8,15H2,1-6H3,(H,30,37)(H,33,36)/b14-13+/t18-,21-,24-/m0/s1. The highest BCUT2D eigenvalue weighted by molar-refractivity contribution is 5.92. The van der Waals surface area contributed by atoms with Crippen molar-refractivity contribution in [3.05, 3.63) is 42.0 Å². The summed E-state index contributed by atoms with van der Waals surface area (Å²) in [6, 6.07) is 7.92. The van der Waals surface area contributed by atoms with E-state index in [2.05, 4.69) is 16.2 Å². The molecule has 11 heteroatoms. The molecule has 214 valence electrons. The molecular formula is C29H38N6O5. The first-order valence-corrected chi connectivity index (χ1v) is 13.6. The molecule has 3 N–H and O–H groups in total. The van der Waals surface area contributed by atoms with Crippen molar-refractivity contribution in [2.45, 2.75) is 65.6 Å². The van der Waals surface area contributed by atoms with Gasteiger partial charge in [0.1, 0.15) is 17.9 Å². The second-order valence-electron chi connectivity index (χ2n) is 11.3. The number of esters is 1. The fraction of sp³-hybridized carbons (Fsp3) is 0.483. The second-order valence-corrected chi connectivity index (χ2v) is 11.3. The number of benzene rings is 1. The van der Waals surface area contributed by atoms with Crippen LogP contribution in [-0.4, -0.2) is 65.5 Å². The number of pyridine rings is 1. The topological polar surface area (TPSA) is 133 Å². The summed E-state index contributed by atoms with van der Waals surface area (Å²) < 4.78 is 5.69. The van der Waals surface area contributed by atoms with Gasteiger partial charge in [0.2, 0.25) is 0 Å². The third-order valence-electron chi connectivity index (χ3n) is 7.14. The minimum absolute atomic E-state index is 0.310. The summed E-state index contributed by atoms with van der Waals surface area (Å²) in [5.74, 6) is -1.61. The van der Waals surface area contributed by atoms with Crippen LogP contribution in [-0.2, 0) is 23.9 Å². The van der Waals surface area contributed by atoms with E-state index in [1.54, 1.807) is 52.8 Å². The Morgan fingerprint density at radius 3 is 2.52 bits per heavy atom. The fourth-order valence-corrected chi connectivity index (χ4v) is 4.57. The lowest BCUT2D eigenvalue weighted by Crippen LogP contribution is -2.62. The molecule has 1 fully saturated rings. The number of rotatable bonds is 1. The van der Waals surface area contributed by atoms with Crippen molar-refractivity contribution in [1.82, 2.24) is 26.2 Å². The Balaban J connectivity index is 1.70. The number of nitrogens with one attached hydrogen (secondary N) is 3. The van der Waals surface area contributed by atoms with E-state index in [4.69, 9.17) is 9.72 Å². The van der Waals surface area contributed by atoms with Gasteiger partial charge in [-0.3, -0.25) is 34.6 Å². The van der Waals surface area contributed by atoms with Crippen LogP contribution < -0.4 is 21.2 Å². The zero-order valence-corrected chi connectivity index (χ0v) is 23.9. The Bertz CT molecular complexity index is 1340. The van der Waals surface area contributed by atoms with Gasteiger partial charge in [-0.15, -0.1) is 0 Å². The molecule has 1 aromatic heterocycles. The number of carbonyl (C=O) groups excluding carboxylic acids is 4. The smallest absolute Gasteiger partial charge is 0.316 e. The van der Waals surface area contributed by atoms with Gasteiger partial charge in [-0.1, -0.05) is 38.1 Å². The maximum Gasteiger partial charge on any atom is 0.316 e. The fourth-order valence-electron chi connectivity index (χ4n) is 4.57. The minimum Gasteiger partial charge on any atom is -0.451 e. The molecule has 3 atom stereocenters. The average Bonchev–Trinajstić information content (AvgIpc) is 2.92. The Hall–Kier alpha value is -3.99. The zero-order valence-electron chi connectivity index (χ0n) is 23.9. The largest absolute Gasteiger partial charge is 0.451 e. The van der Waals surface area contributed by atoms with Crippen LogP contribution >= 0.6 is 0 Å². The van der Waals surface area contributed by atoms with Crippen LogP contribution in [0.25, 0.3) is 17.0 Å². The number of nitrogens with zero attached hydrogens (tertiary/aromatic N) is 3. The Morgan fingerprint density at radius 1 is 1.07 bits per heavy atom. The molecule has 0 aliphatic carbocycles. The normalized spacial score (nSPS) is 25.4. The molecular weight excluding hydrogens is 512 g/mol. The van der Waals surface area contributed by atoms with Gasteiger partial charge in [0, 0.05) is 19.0 Å². The molecule has 1 aromatic carbocycles. The van der Waals surface area contributed by atoms with Crippen molar-refractivity contribution in [2.75, 3.05) is 18.6 Å². The number of cyclic esters (lactones) is 1. The van der Waals surface area contributed by atoms with Crippen molar-refractivity contribution in [2.24, 2.45) is 11.3 Å². The molecule has 2 aromatic rings. The molecule has 0 saturated carbocycles. The lowest BCUT2D eigenvalue weighted by Gasteiger charge is -2.35. The third kappa shape index (κ3) is 6.41. The summed E-state index contributed by atoms with van der Waals surface area (Å²) >= 11 is 0. The first kappa shape index (κ1) is 29.0. The molecule has 40 heavy (non-hydrogen) atoms. The van der Waals surface area contributed by atoms with Gasteiger partial charge in [-0.2, -0.15) is 0 Å². The SMILES string of the molecule is CC(C)[C@@H]1OC(=O)C(C)(C)/C=C/c2ccc3ccc(nc3c2)N(C)NC(=O)[C@@H]2CCCN(N2)C(=O)[C@H](C)NC1=O. The van der Waals surface area contributed by atoms with Crippen molar-refractivity contribution in [3.63, 3.8) is 0 Å². The Labute approximate surface area is 234 Å². The van der Waals surface area contributed by atoms with E-state index >= 15 is 0 Å². The number of hydrogen-bond acceptors (Lipinski definition) is 8. The molecule has 0 spiro atoms. The van der Waals surface area contributed by atoms with Crippen LogP contribution in [0.4, 0.5) is 5.82 Å². The molecule has 3 amide bonds. The van der Waals surface area contributed by atoms with E-state index in [-0.39, 0.29) is 11.8 Å². The van der Waals surface area contributed by atoms with Crippen LogP contribution in [0.5, 0.6) is 0 Å². The number of ether oxygens (including phenoxy) is 1. The van der Waals surface area contributed by atoms with Crippen LogP contribution in [0.3, 0.4) is 0 Å². The van der Waals surface area contributed by atoms with E-state index < -0.39 is 41.4 Å². The lowest BCUT2D eigenvalue weighted by molar-refractivity contribution is -0.165. The minimum atomic E-state index is -1.09. The first-order valence-electron chi connectivity index (χ1n) is 13.6. The number of hydrogen-bond donors (Lipinski definition) is 3. The highest BCUT2D eigenvalue weighted by Crippen LogP contribution is 2.25. The van der Waals surface area contributed by atoms with Gasteiger partial charge in [0.05, 0.1) is 10.9 Å². The molecule has 1 saturated heterocycles. The van der Waals surface area contributed by atoms with Crippen LogP contribution in [0.1, 0.15) is 53.0 Å². The summed E-state index contributed by atoms with van der Waals surface area (Å²) in [5.41, 5.74) is 6.35. The molecule has 3 heterocycles. The van der Waals surface area contributed by atoms with E-state index in [9.17, 15) is 19.2 Å². The van der Waals surface area contributed by atoms with Crippen molar-refractivity contribution in [1.29, 1.82) is 0 Å². The molecule has 5 bridgehead atoms. The monoisotopic (exact) mass is 550 g/mol. The number of anilines is 1. The van der Waals surface area contributed by atoms with Crippen molar-refractivity contribution >= 4 is 46.5 Å². The predicted octanol–water partition coefficient (Wildman–Crippen LogP) is 2.32. The molecule has 4 rings (SSSR count). The summed E-state index contributed by atoms with van der Waals surface area (Å²) in [7, 11) is 1.70. The number of hydrazine groups is 2. The summed E-state index contributed by atoms with van der Waals surface area (Å²) in [6.45, 7) is 8.94. The number of aromatic nitrogens is 1. The summed E-state index contributed by atoms with van der Waals surface area (Å²) in [6.07, 6.45) is 3.60. The van der Waals surface area contributed by atoms with Crippen molar-refractivity contribution in [3.8, 4) is 0 Å². The molecule has 0 unspecified atom stereocenters. The van der Waals surface area contributed by atoms with E-state index in [1.165, 1.54) is 5.01 Å². The van der Waals surface area contributed by atoms with Crippen LogP contribution in [0.15, 0.2) is 36.4 Å². The van der Waals surface area contributed by atoms with Gasteiger partial charge >= 0.3 is 5.97 Å². The Kier molecular flexibility index (Phi) is 8.43. The highest BCUT2D eigenvalue weighted by Gasteiger charge is 2.36. The summed E-state index contributed by atoms with van der Waals surface area (Å²) in [5, 5.41) is 6.51. The maximum absolute atomic E-state index is 13.2. The van der Waals surface area contributed by atoms with Crippen LogP contribution in [0.2, 0.25) is 0 Å². The average molecular weight is 551 g/mol. The van der Waals surface area contributed by atoms with Gasteiger partial charge in [0.15, 0.2) is 6.10 Å². The lowest BCUT2D eigenvalue weighted by atomic mass is 9.92. The number of fused-ring (bicyclic) bond motifs is 4. The van der Waals surface area contributed by atoms with Crippen molar-refractivity contribution < 1.29 is 23.9 Å². The molecule has 0 radical (unpaired) electrons. The molecule has 11 nitrogen and oxygen atoms in total. The van der Waals surface area contributed by atoms with E-state index in [1.807, 2.05) is 36.4 Å². The number of carbonyl (C=O) groups is 4. The molecule has 2 aliphatic rings. The van der Waals surface area contributed by atoms with E-state index in [0.29, 0.717) is 30.7 Å². The van der Waals surface area contributed by atoms with Crippen LogP contribution in [0, 0.1) is 11.3 Å². The van der Waals surface area contributed by atoms with Gasteiger partial charge in [-0.25, -0.2) is 10.4 Å².